The number of hydrogen-bond donors (Lipinski definition) is 1. The van der Waals surface area contributed by atoms with Crippen LogP contribution in [0, 0.1) is 13.8 Å². The first kappa shape index (κ1) is 23.5. The molecule has 8 nitrogen and oxygen atoms in total. The Labute approximate surface area is 184 Å². The lowest BCUT2D eigenvalue weighted by atomic mass is 10.1. The minimum absolute atomic E-state index is 0.0701. The summed E-state index contributed by atoms with van der Waals surface area (Å²) in [5, 5.41) is 0. The fourth-order valence-electron chi connectivity index (χ4n) is 3.49. The number of rotatable bonds is 9. The molecule has 170 valence electrons. The molecular formula is C21H28N2O6S2. The van der Waals surface area contributed by atoms with Crippen LogP contribution < -0.4 is 14.2 Å². The van der Waals surface area contributed by atoms with Crippen molar-refractivity contribution in [3.05, 3.63) is 47.5 Å². The van der Waals surface area contributed by atoms with Gasteiger partial charge in [0.1, 0.15) is 18.1 Å². The second-order valence-corrected chi connectivity index (χ2v) is 11.0. The van der Waals surface area contributed by atoms with E-state index in [4.69, 9.17) is 9.47 Å². The first-order valence-corrected chi connectivity index (χ1v) is 13.0. The van der Waals surface area contributed by atoms with Crippen LogP contribution in [0.3, 0.4) is 0 Å². The van der Waals surface area contributed by atoms with E-state index in [9.17, 15) is 16.8 Å². The molecule has 31 heavy (non-hydrogen) atoms. The molecule has 1 aliphatic heterocycles. The Bertz CT molecular complexity index is 1120. The average Bonchev–Trinajstić information content (AvgIpc) is 3.29. The molecule has 0 unspecified atom stereocenters. The standard InChI is InChI=1S/C21H28N2O6S2/c1-16-17(2)21(11-10-20(16)28-3)30(24,25)22-12-15-29-18-6-8-19(9-7-18)31(26,27)23-13-4-5-14-23/h6-11,22H,4-5,12-15H2,1-3H3. The Balaban J connectivity index is 1.56. The SMILES string of the molecule is COc1ccc(S(=O)(=O)NCCOc2ccc(S(=O)(=O)N3CCCC3)cc2)c(C)c1C. The van der Waals surface area contributed by atoms with Gasteiger partial charge in [0, 0.05) is 19.6 Å². The Hall–Kier alpha value is -2.14. The summed E-state index contributed by atoms with van der Waals surface area (Å²) in [5.41, 5.74) is 1.40. The lowest BCUT2D eigenvalue weighted by Crippen LogP contribution is -2.29. The molecular weight excluding hydrogens is 440 g/mol. The van der Waals surface area contributed by atoms with Gasteiger partial charge >= 0.3 is 0 Å². The molecule has 3 rings (SSSR count). The zero-order chi connectivity index (χ0) is 22.6. The minimum atomic E-state index is -3.70. The van der Waals surface area contributed by atoms with Crippen molar-refractivity contribution in [2.75, 3.05) is 33.4 Å². The fraction of sp³-hybridized carbons (Fsp3) is 0.429. The smallest absolute Gasteiger partial charge is 0.243 e. The molecule has 1 fully saturated rings. The van der Waals surface area contributed by atoms with Crippen LogP contribution in [0.15, 0.2) is 46.2 Å². The molecule has 0 atom stereocenters. The van der Waals surface area contributed by atoms with Crippen molar-refractivity contribution >= 4 is 20.0 Å². The van der Waals surface area contributed by atoms with Crippen LogP contribution in [-0.2, 0) is 20.0 Å². The van der Waals surface area contributed by atoms with E-state index in [0.29, 0.717) is 30.2 Å². The maximum absolute atomic E-state index is 12.6. The Morgan fingerprint density at radius 3 is 2.19 bits per heavy atom. The zero-order valence-electron chi connectivity index (χ0n) is 17.9. The van der Waals surface area contributed by atoms with Crippen molar-refractivity contribution in [3.8, 4) is 11.5 Å². The number of methoxy groups -OCH3 is 1. The van der Waals surface area contributed by atoms with Gasteiger partial charge in [-0.05, 0) is 74.2 Å². The van der Waals surface area contributed by atoms with Gasteiger partial charge in [0.15, 0.2) is 0 Å². The number of hydrogen-bond acceptors (Lipinski definition) is 6. The number of ether oxygens (including phenoxy) is 2. The molecule has 2 aromatic rings. The number of nitrogens with zero attached hydrogens (tertiary/aromatic N) is 1. The normalized spacial score (nSPS) is 15.2. The van der Waals surface area contributed by atoms with E-state index < -0.39 is 20.0 Å². The highest BCUT2D eigenvalue weighted by molar-refractivity contribution is 7.89. The van der Waals surface area contributed by atoms with Crippen LogP contribution in [0.5, 0.6) is 11.5 Å². The maximum atomic E-state index is 12.6. The van der Waals surface area contributed by atoms with Crippen LogP contribution in [0.4, 0.5) is 0 Å². The maximum Gasteiger partial charge on any atom is 0.243 e. The summed E-state index contributed by atoms with van der Waals surface area (Å²) in [4.78, 5) is 0.426. The molecule has 0 aromatic heterocycles. The molecule has 2 aromatic carbocycles. The monoisotopic (exact) mass is 468 g/mol. The summed E-state index contributed by atoms with van der Waals surface area (Å²) in [6.45, 7) is 4.82. The second kappa shape index (κ2) is 9.56. The van der Waals surface area contributed by atoms with Gasteiger partial charge in [0.2, 0.25) is 20.0 Å². The molecule has 0 amide bonds. The first-order valence-electron chi connectivity index (χ1n) is 10.0. The van der Waals surface area contributed by atoms with Gasteiger partial charge in [-0.1, -0.05) is 0 Å². The van der Waals surface area contributed by atoms with E-state index in [1.54, 1.807) is 32.2 Å². The van der Waals surface area contributed by atoms with Gasteiger partial charge in [-0.2, -0.15) is 4.31 Å². The second-order valence-electron chi connectivity index (χ2n) is 7.34. The van der Waals surface area contributed by atoms with Gasteiger partial charge in [0.25, 0.3) is 0 Å². The van der Waals surface area contributed by atoms with Gasteiger partial charge in [-0.3, -0.25) is 0 Å². The number of sulfonamides is 2. The zero-order valence-corrected chi connectivity index (χ0v) is 19.6. The van der Waals surface area contributed by atoms with Crippen LogP contribution in [0.2, 0.25) is 0 Å². The minimum Gasteiger partial charge on any atom is -0.496 e. The topological polar surface area (TPSA) is 102 Å². The molecule has 0 aliphatic carbocycles. The van der Waals surface area contributed by atoms with Crippen LogP contribution >= 0.6 is 0 Å². The summed E-state index contributed by atoms with van der Waals surface area (Å²) >= 11 is 0. The molecule has 0 radical (unpaired) electrons. The van der Waals surface area contributed by atoms with Gasteiger partial charge < -0.3 is 9.47 Å². The number of benzene rings is 2. The van der Waals surface area contributed by atoms with Gasteiger partial charge in [-0.15, -0.1) is 0 Å². The van der Waals surface area contributed by atoms with Crippen LogP contribution in [0.25, 0.3) is 0 Å². The van der Waals surface area contributed by atoms with Crippen molar-refractivity contribution < 1.29 is 26.3 Å². The molecule has 0 spiro atoms. The predicted molar refractivity (Wildman–Crippen MR) is 118 cm³/mol. The summed E-state index contributed by atoms with van der Waals surface area (Å²) in [6.07, 6.45) is 1.76. The van der Waals surface area contributed by atoms with E-state index in [-0.39, 0.29) is 22.9 Å². The summed E-state index contributed by atoms with van der Waals surface area (Å²) in [7, 11) is -5.62. The van der Waals surface area contributed by atoms with E-state index >= 15 is 0 Å². The molecule has 0 bridgehead atoms. The first-order chi connectivity index (χ1) is 14.7. The quantitative estimate of drug-likeness (QED) is 0.567. The third-order valence-corrected chi connectivity index (χ3v) is 8.90. The Morgan fingerprint density at radius 2 is 1.58 bits per heavy atom. The molecule has 1 heterocycles. The van der Waals surface area contributed by atoms with Crippen LogP contribution in [0.1, 0.15) is 24.0 Å². The van der Waals surface area contributed by atoms with Gasteiger partial charge in [0.05, 0.1) is 16.9 Å². The van der Waals surface area contributed by atoms with E-state index in [1.807, 2.05) is 6.92 Å². The number of nitrogens with one attached hydrogen (secondary N) is 1. The molecule has 0 saturated carbocycles. The van der Waals surface area contributed by atoms with Crippen LogP contribution in [-0.4, -0.2) is 54.5 Å². The molecule has 10 heteroatoms. The van der Waals surface area contributed by atoms with Crippen molar-refractivity contribution in [1.82, 2.24) is 9.03 Å². The van der Waals surface area contributed by atoms with Gasteiger partial charge in [-0.25, -0.2) is 21.6 Å². The molecule has 1 N–H and O–H groups in total. The van der Waals surface area contributed by atoms with Crippen molar-refractivity contribution in [3.63, 3.8) is 0 Å². The van der Waals surface area contributed by atoms with E-state index in [2.05, 4.69) is 4.72 Å². The highest BCUT2D eigenvalue weighted by atomic mass is 32.2. The molecule has 1 aliphatic rings. The molecule has 1 saturated heterocycles. The predicted octanol–water partition coefficient (Wildman–Crippen LogP) is 2.45. The van der Waals surface area contributed by atoms with Crippen molar-refractivity contribution in [1.29, 1.82) is 0 Å². The van der Waals surface area contributed by atoms with Crippen molar-refractivity contribution in [2.45, 2.75) is 36.5 Å². The lowest BCUT2D eigenvalue weighted by molar-refractivity contribution is 0.322. The lowest BCUT2D eigenvalue weighted by Gasteiger charge is -2.16. The summed E-state index contributed by atoms with van der Waals surface area (Å²) in [6, 6.07) is 9.32. The Kier molecular flexibility index (Phi) is 7.25. The third-order valence-electron chi connectivity index (χ3n) is 5.39. The van der Waals surface area contributed by atoms with Crippen molar-refractivity contribution in [2.24, 2.45) is 0 Å². The average molecular weight is 469 g/mol. The summed E-state index contributed by atoms with van der Waals surface area (Å²) < 4.78 is 65.1. The van der Waals surface area contributed by atoms with E-state index in [1.165, 1.54) is 22.5 Å². The van der Waals surface area contributed by atoms with E-state index in [0.717, 1.165) is 18.4 Å². The highest BCUT2D eigenvalue weighted by Crippen LogP contribution is 2.27. The third kappa shape index (κ3) is 5.20. The fourth-order valence-corrected chi connectivity index (χ4v) is 6.32. The highest BCUT2D eigenvalue weighted by Gasteiger charge is 2.27. The largest absolute Gasteiger partial charge is 0.496 e. The summed E-state index contributed by atoms with van der Waals surface area (Å²) in [5.74, 6) is 1.10. The Morgan fingerprint density at radius 1 is 0.935 bits per heavy atom.